The van der Waals surface area contributed by atoms with Gasteiger partial charge in [-0.3, -0.25) is 0 Å². The van der Waals surface area contributed by atoms with Crippen molar-refractivity contribution in [3.8, 4) is 0 Å². The summed E-state index contributed by atoms with van der Waals surface area (Å²) in [4.78, 5) is 1.88. The van der Waals surface area contributed by atoms with Gasteiger partial charge in [-0.1, -0.05) is 0 Å². The second kappa shape index (κ2) is 8.18. The maximum atomic E-state index is 13.7. The van der Waals surface area contributed by atoms with Crippen LogP contribution in [0.15, 0.2) is 12.1 Å². The fourth-order valence-corrected chi connectivity index (χ4v) is 1.87. The predicted octanol–water partition coefficient (Wildman–Crippen LogP) is 2.64. The van der Waals surface area contributed by atoms with Crippen LogP contribution < -0.4 is 5.32 Å². The third-order valence-electron chi connectivity index (χ3n) is 2.31. The van der Waals surface area contributed by atoms with Gasteiger partial charge in [0.1, 0.15) is 11.6 Å². The predicted molar refractivity (Wildman–Crippen MR) is 76.6 cm³/mol. The molecule has 0 fully saturated rings. The van der Waals surface area contributed by atoms with E-state index in [1.165, 1.54) is 12.1 Å². The number of hydrogen-bond donors (Lipinski definition) is 1. The molecule has 0 bridgehead atoms. The van der Waals surface area contributed by atoms with E-state index in [2.05, 4.69) is 5.32 Å². The third-order valence-corrected chi connectivity index (χ3v) is 3.14. The van der Waals surface area contributed by atoms with Crippen molar-refractivity contribution < 1.29 is 8.78 Å². The molecule has 1 rings (SSSR count). The van der Waals surface area contributed by atoms with E-state index >= 15 is 0 Å². The van der Waals surface area contributed by atoms with E-state index in [9.17, 15) is 8.78 Å². The van der Waals surface area contributed by atoms with Crippen LogP contribution in [0.4, 0.5) is 8.78 Å². The van der Waals surface area contributed by atoms with Gasteiger partial charge in [-0.2, -0.15) is 0 Å². The molecule has 6 heteroatoms. The number of nitrogens with zero attached hydrogens (tertiary/aromatic N) is 1. The first-order chi connectivity index (χ1) is 7.56. The molecular weight excluding hydrogens is 360 g/mol. The minimum atomic E-state index is -0.478. The van der Waals surface area contributed by atoms with E-state index in [0.29, 0.717) is 3.57 Å². The molecule has 1 aromatic rings. The molecule has 0 spiro atoms. The fraction of sp³-hybridized carbons (Fsp3) is 0.455. The molecule has 0 aliphatic rings. The van der Waals surface area contributed by atoms with Gasteiger partial charge in [0.05, 0.1) is 0 Å². The van der Waals surface area contributed by atoms with Crippen molar-refractivity contribution in [2.45, 2.75) is 6.54 Å². The van der Waals surface area contributed by atoms with E-state index in [1.807, 2.05) is 41.6 Å². The van der Waals surface area contributed by atoms with Crippen LogP contribution in [0.3, 0.4) is 0 Å². The highest BCUT2D eigenvalue weighted by Crippen LogP contribution is 2.19. The summed E-state index contributed by atoms with van der Waals surface area (Å²) >= 11 is 1.87. The maximum absolute atomic E-state index is 13.7. The van der Waals surface area contributed by atoms with Crippen LogP contribution in [0.1, 0.15) is 5.56 Å². The molecule has 17 heavy (non-hydrogen) atoms. The van der Waals surface area contributed by atoms with Gasteiger partial charge >= 0.3 is 0 Å². The molecule has 0 atom stereocenters. The Kier molecular flexibility index (Phi) is 8.19. The van der Waals surface area contributed by atoms with Gasteiger partial charge in [0.15, 0.2) is 0 Å². The Morgan fingerprint density at radius 2 is 2.00 bits per heavy atom. The van der Waals surface area contributed by atoms with E-state index < -0.39 is 11.6 Å². The van der Waals surface area contributed by atoms with Crippen LogP contribution in [0.2, 0.25) is 0 Å². The topological polar surface area (TPSA) is 15.3 Å². The number of hydrogen-bond acceptors (Lipinski definition) is 2. The summed E-state index contributed by atoms with van der Waals surface area (Å²) in [5.41, 5.74) is 0.144. The lowest BCUT2D eigenvalue weighted by atomic mass is 10.2. The first kappa shape index (κ1) is 17.0. The zero-order valence-corrected chi connectivity index (χ0v) is 12.7. The summed E-state index contributed by atoms with van der Waals surface area (Å²) in [5.74, 6) is -0.925. The molecule has 0 amide bonds. The molecule has 2 nitrogen and oxygen atoms in total. The number of nitrogens with one attached hydrogen (secondary N) is 1. The van der Waals surface area contributed by atoms with Crippen LogP contribution in [-0.4, -0.2) is 32.1 Å². The summed E-state index contributed by atoms with van der Waals surface area (Å²) in [5, 5.41) is 2.99. The Labute approximate surface area is 120 Å². The van der Waals surface area contributed by atoms with Gasteiger partial charge < -0.3 is 10.2 Å². The molecule has 0 aromatic heterocycles. The van der Waals surface area contributed by atoms with Gasteiger partial charge in [-0.05, 0) is 48.8 Å². The molecular formula is C11H16ClF2IN2. The Morgan fingerprint density at radius 3 is 2.59 bits per heavy atom. The van der Waals surface area contributed by atoms with Gasteiger partial charge in [-0.15, -0.1) is 12.4 Å². The molecule has 1 N–H and O–H groups in total. The Bertz CT molecular complexity index is 364. The average Bonchev–Trinajstić information content (AvgIpc) is 2.27. The lowest BCUT2D eigenvalue weighted by Gasteiger charge is -2.17. The quantitative estimate of drug-likeness (QED) is 0.628. The van der Waals surface area contributed by atoms with Crippen LogP contribution in [0.5, 0.6) is 0 Å². The molecule has 0 aliphatic carbocycles. The average molecular weight is 377 g/mol. The molecule has 1 aromatic carbocycles. The number of rotatable bonds is 5. The van der Waals surface area contributed by atoms with Gasteiger partial charge in [-0.25, -0.2) is 8.78 Å². The summed E-state index contributed by atoms with van der Waals surface area (Å²) < 4.78 is 27.5. The van der Waals surface area contributed by atoms with E-state index in [-0.39, 0.29) is 24.5 Å². The van der Waals surface area contributed by atoms with Gasteiger partial charge in [0.25, 0.3) is 0 Å². The first-order valence-electron chi connectivity index (χ1n) is 5.01. The van der Waals surface area contributed by atoms with E-state index in [0.717, 1.165) is 13.1 Å². The Balaban J connectivity index is 0.00000256. The molecule has 0 heterocycles. The smallest absolute Gasteiger partial charge is 0.143 e. The second-order valence-electron chi connectivity index (χ2n) is 3.66. The van der Waals surface area contributed by atoms with Gasteiger partial charge in [0, 0.05) is 28.8 Å². The molecule has 0 unspecified atom stereocenters. The van der Waals surface area contributed by atoms with Crippen molar-refractivity contribution in [1.82, 2.24) is 10.2 Å². The van der Waals surface area contributed by atoms with Crippen molar-refractivity contribution in [2.24, 2.45) is 0 Å². The Morgan fingerprint density at radius 1 is 1.35 bits per heavy atom. The zero-order chi connectivity index (χ0) is 12.1. The summed E-state index contributed by atoms with van der Waals surface area (Å²) in [6.07, 6.45) is 0. The third kappa shape index (κ3) is 5.03. The van der Waals surface area contributed by atoms with Crippen molar-refractivity contribution in [3.63, 3.8) is 0 Å². The number of benzene rings is 1. The molecule has 98 valence electrons. The SMILES string of the molecule is CNCCN(C)Cc1c(F)ccc(I)c1F.Cl. The van der Waals surface area contributed by atoms with Crippen molar-refractivity contribution in [2.75, 3.05) is 27.2 Å². The van der Waals surface area contributed by atoms with Crippen molar-refractivity contribution >= 4 is 35.0 Å². The fourth-order valence-electron chi connectivity index (χ4n) is 1.37. The monoisotopic (exact) mass is 376 g/mol. The standard InChI is InChI=1S/C11H15F2IN2.ClH/c1-15-5-6-16(2)7-8-9(12)3-4-10(14)11(8)13;/h3-4,15H,5-7H2,1-2H3;1H. The highest BCUT2D eigenvalue weighted by Gasteiger charge is 2.13. The molecule has 0 aliphatic heterocycles. The van der Waals surface area contributed by atoms with Crippen LogP contribution >= 0.6 is 35.0 Å². The zero-order valence-electron chi connectivity index (χ0n) is 9.77. The summed E-state index contributed by atoms with van der Waals surface area (Å²) in [6.45, 7) is 1.83. The minimum Gasteiger partial charge on any atom is -0.318 e. The van der Waals surface area contributed by atoms with E-state index in [4.69, 9.17) is 0 Å². The lowest BCUT2D eigenvalue weighted by Crippen LogP contribution is -2.27. The highest BCUT2D eigenvalue weighted by atomic mass is 127. The second-order valence-corrected chi connectivity index (χ2v) is 4.83. The largest absolute Gasteiger partial charge is 0.318 e. The first-order valence-corrected chi connectivity index (χ1v) is 6.09. The molecule has 0 saturated heterocycles. The summed E-state index contributed by atoms with van der Waals surface area (Å²) in [6, 6.07) is 2.76. The van der Waals surface area contributed by atoms with Crippen LogP contribution in [0, 0.1) is 15.2 Å². The lowest BCUT2D eigenvalue weighted by molar-refractivity contribution is 0.315. The number of halogens is 4. The normalized spacial score (nSPS) is 10.5. The van der Waals surface area contributed by atoms with E-state index in [1.54, 1.807) is 0 Å². The Hall–Kier alpha value is 0.0200. The molecule has 0 radical (unpaired) electrons. The van der Waals surface area contributed by atoms with Crippen molar-refractivity contribution in [3.05, 3.63) is 32.9 Å². The highest BCUT2D eigenvalue weighted by molar-refractivity contribution is 14.1. The minimum absolute atomic E-state index is 0. The van der Waals surface area contributed by atoms with Crippen LogP contribution in [0.25, 0.3) is 0 Å². The maximum Gasteiger partial charge on any atom is 0.143 e. The van der Waals surface area contributed by atoms with Crippen molar-refractivity contribution in [1.29, 1.82) is 0 Å². The summed E-state index contributed by atoms with van der Waals surface area (Å²) in [7, 11) is 3.69. The number of likely N-dealkylation sites (N-methyl/N-ethyl adjacent to an activating group) is 2. The van der Waals surface area contributed by atoms with Crippen LogP contribution in [-0.2, 0) is 6.54 Å². The molecule has 0 saturated carbocycles. The van der Waals surface area contributed by atoms with Gasteiger partial charge in [0.2, 0.25) is 0 Å².